The molecule has 2 amide bonds. The van der Waals surface area contributed by atoms with Gasteiger partial charge in [0.15, 0.2) is 0 Å². The lowest BCUT2D eigenvalue weighted by Gasteiger charge is -2.20. The molecule has 1 N–H and O–H groups in total. The van der Waals surface area contributed by atoms with Crippen LogP contribution in [0.5, 0.6) is 5.75 Å². The molecule has 0 spiro atoms. The van der Waals surface area contributed by atoms with E-state index in [9.17, 15) is 14.7 Å². The summed E-state index contributed by atoms with van der Waals surface area (Å²) in [5.74, 6) is -0.500. The summed E-state index contributed by atoms with van der Waals surface area (Å²) in [6.07, 6.45) is 0. The summed E-state index contributed by atoms with van der Waals surface area (Å²) in [6, 6.07) is 9.94. The molecule has 1 aliphatic rings. The van der Waals surface area contributed by atoms with Crippen molar-refractivity contribution in [2.24, 2.45) is 0 Å². The van der Waals surface area contributed by atoms with Gasteiger partial charge in [0.25, 0.3) is 11.8 Å². The number of amides is 2. The standard InChI is InChI=1S/C16H12BrNO4/c1-22-13-7-10(17)6-9(8-19)14(13)18-15(20)11-4-2-3-5-12(11)16(18)21/h2-7,19H,8H2,1H3. The van der Waals surface area contributed by atoms with Gasteiger partial charge in [0.1, 0.15) is 5.75 Å². The summed E-state index contributed by atoms with van der Waals surface area (Å²) in [4.78, 5) is 26.2. The Balaban J connectivity index is 2.21. The maximum absolute atomic E-state index is 12.6. The Kier molecular flexibility index (Phi) is 3.72. The Bertz CT molecular complexity index is 727. The molecule has 0 bridgehead atoms. The Labute approximate surface area is 135 Å². The zero-order valence-electron chi connectivity index (χ0n) is 11.7. The highest BCUT2D eigenvalue weighted by Gasteiger charge is 2.38. The molecule has 2 aromatic rings. The average molecular weight is 362 g/mol. The molecule has 0 saturated carbocycles. The van der Waals surface area contributed by atoms with Gasteiger partial charge in [0.05, 0.1) is 30.5 Å². The van der Waals surface area contributed by atoms with Crippen LogP contribution in [0, 0.1) is 0 Å². The second-order valence-corrected chi connectivity index (χ2v) is 5.68. The molecule has 1 heterocycles. The zero-order valence-corrected chi connectivity index (χ0v) is 13.3. The summed E-state index contributed by atoms with van der Waals surface area (Å²) in [5.41, 5.74) is 1.41. The number of anilines is 1. The van der Waals surface area contributed by atoms with Crippen molar-refractivity contribution in [3.05, 3.63) is 57.6 Å². The van der Waals surface area contributed by atoms with E-state index in [1.165, 1.54) is 7.11 Å². The molecule has 0 atom stereocenters. The third-order valence-electron chi connectivity index (χ3n) is 3.53. The Morgan fingerprint density at radius 3 is 2.23 bits per heavy atom. The number of ether oxygens (including phenoxy) is 1. The monoisotopic (exact) mass is 361 g/mol. The maximum atomic E-state index is 12.6. The van der Waals surface area contributed by atoms with Crippen LogP contribution in [0.3, 0.4) is 0 Å². The number of imide groups is 1. The summed E-state index contributed by atoms with van der Waals surface area (Å²) in [5, 5.41) is 9.59. The van der Waals surface area contributed by atoms with E-state index in [0.29, 0.717) is 26.9 Å². The first-order valence-corrected chi connectivity index (χ1v) is 7.33. The van der Waals surface area contributed by atoms with E-state index in [4.69, 9.17) is 4.74 Å². The van der Waals surface area contributed by atoms with E-state index in [1.54, 1.807) is 36.4 Å². The molecule has 5 nitrogen and oxygen atoms in total. The summed E-state index contributed by atoms with van der Waals surface area (Å²) in [6.45, 7) is -0.321. The number of aliphatic hydroxyl groups is 1. The largest absolute Gasteiger partial charge is 0.495 e. The highest BCUT2D eigenvalue weighted by Crippen LogP contribution is 2.39. The molecule has 1 aliphatic heterocycles. The van der Waals surface area contributed by atoms with Gasteiger partial charge in [-0.05, 0) is 24.3 Å². The number of aliphatic hydroxyl groups excluding tert-OH is 1. The van der Waals surface area contributed by atoms with E-state index in [0.717, 1.165) is 4.90 Å². The number of methoxy groups -OCH3 is 1. The highest BCUT2D eigenvalue weighted by molar-refractivity contribution is 9.10. The van der Waals surface area contributed by atoms with E-state index in [2.05, 4.69) is 15.9 Å². The van der Waals surface area contributed by atoms with E-state index in [1.807, 2.05) is 0 Å². The number of nitrogens with zero attached hydrogens (tertiary/aromatic N) is 1. The van der Waals surface area contributed by atoms with Crippen LogP contribution in [0.1, 0.15) is 26.3 Å². The first-order valence-electron chi connectivity index (χ1n) is 6.53. The molecule has 0 unspecified atom stereocenters. The summed E-state index contributed by atoms with van der Waals surface area (Å²) in [7, 11) is 1.45. The number of hydrogen-bond donors (Lipinski definition) is 1. The molecular weight excluding hydrogens is 350 g/mol. The Morgan fingerprint density at radius 2 is 1.73 bits per heavy atom. The first-order chi connectivity index (χ1) is 10.6. The Hall–Kier alpha value is -2.18. The van der Waals surface area contributed by atoms with Crippen molar-refractivity contribution in [2.75, 3.05) is 12.0 Å². The average Bonchev–Trinajstić information content (AvgIpc) is 2.78. The molecule has 0 fully saturated rings. The van der Waals surface area contributed by atoms with Gasteiger partial charge in [-0.15, -0.1) is 0 Å². The fourth-order valence-electron chi connectivity index (χ4n) is 2.55. The van der Waals surface area contributed by atoms with Gasteiger partial charge in [-0.2, -0.15) is 0 Å². The molecule has 112 valence electrons. The fraction of sp³-hybridized carbons (Fsp3) is 0.125. The van der Waals surface area contributed by atoms with Gasteiger partial charge in [0, 0.05) is 10.0 Å². The van der Waals surface area contributed by atoms with Crippen molar-refractivity contribution in [2.45, 2.75) is 6.61 Å². The normalized spacial score (nSPS) is 13.5. The fourth-order valence-corrected chi connectivity index (χ4v) is 3.03. The number of halogens is 1. The third kappa shape index (κ3) is 2.12. The van der Waals surface area contributed by atoms with Crippen LogP contribution in [0.2, 0.25) is 0 Å². The van der Waals surface area contributed by atoms with Crippen molar-refractivity contribution < 1.29 is 19.4 Å². The minimum atomic E-state index is -0.420. The van der Waals surface area contributed by atoms with Gasteiger partial charge in [-0.25, -0.2) is 4.90 Å². The molecule has 22 heavy (non-hydrogen) atoms. The number of carbonyl (C=O) groups is 2. The van der Waals surface area contributed by atoms with Gasteiger partial charge in [-0.3, -0.25) is 9.59 Å². The molecule has 6 heteroatoms. The van der Waals surface area contributed by atoms with Crippen LogP contribution in [-0.2, 0) is 6.61 Å². The minimum absolute atomic E-state index is 0.277. The molecule has 0 aliphatic carbocycles. The van der Waals surface area contributed by atoms with Crippen molar-refractivity contribution in [3.63, 3.8) is 0 Å². The topological polar surface area (TPSA) is 66.8 Å². The second-order valence-electron chi connectivity index (χ2n) is 4.77. The first kappa shape index (κ1) is 14.7. The quantitative estimate of drug-likeness (QED) is 0.853. The molecule has 3 rings (SSSR count). The van der Waals surface area contributed by atoms with Crippen molar-refractivity contribution >= 4 is 33.4 Å². The second kappa shape index (κ2) is 5.55. The lowest BCUT2D eigenvalue weighted by atomic mass is 10.1. The predicted octanol–water partition coefficient (Wildman–Crippen LogP) is 2.75. The predicted molar refractivity (Wildman–Crippen MR) is 84.2 cm³/mol. The van der Waals surface area contributed by atoms with Crippen LogP contribution >= 0.6 is 15.9 Å². The van der Waals surface area contributed by atoms with Crippen molar-refractivity contribution in [1.82, 2.24) is 0 Å². The number of rotatable bonds is 3. The van der Waals surface area contributed by atoms with E-state index in [-0.39, 0.29) is 12.3 Å². The van der Waals surface area contributed by atoms with Crippen LogP contribution in [0.15, 0.2) is 40.9 Å². The molecule has 0 saturated heterocycles. The van der Waals surface area contributed by atoms with Crippen LogP contribution in [0.25, 0.3) is 0 Å². The summed E-state index contributed by atoms with van der Waals surface area (Å²) >= 11 is 3.32. The van der Waals surface area contributed by atoms with Gasteiger partial charge in [-0.1, -0.05) is 28.1 Å². The maximum Gasteiger partial charge on any atom is 0.266 e. The Morgan fingerprint density at radius 1 is 1.14 bits per heavy atom. The number of hydrogen-bond acceptors (Lipinski definition) is 4. The van der Waals surface area contributed by atoms with E-state index >= 15 is 0 Å². The summed E-state index contributed by atoms with van der Waals surface area (Å²) < 4.78 is 5.98. The third-order valence-corrected chi connectivity index (χ3v) is 3.98. The van der Waals surface area contributed by atoms with E-state index < -0.39 is 11.8 Å². The number of benzene rings is 2. The lowest BCUT2D eigenvalue weighted by Crippen LogP contribution is -2.30. The van der Waals surface area contributed by atoms with Crippen LogP contribution in [0.4, 0.5) is 5.69 Å². The molecule has 0 aromatic heterocycles. The van der Waals surface area contributed by atoms with Gasteiger partial charge < -0.3 is 9.84 Å². The smallest absolute Gasteiger partial charge is 0.266 e. The highest BCUT2D eigenvalue weighted by atomic mass is 79.9. The SMILES string of the molecule is COc1cc(Br)cc(CO)c1N1C(=O)c2ccccc2C1=O. The van der Waals surface area contributed by atoms with Crippen LogP contribution in [-0.4, -0.2) is 24.0 Å². The minimum Gasteiger partial charge on any atom is -0.495 e. The lowest BCUT2D eigenvalue weighted by molar-refractivity contribution is 0.0924. The number of carbonyl (C=O) groups excluding carboxylic acids is 2. The van der Waals surface area contributed by atoms with Crippen molar-refractivity contribution in [1.29, 1.82) is 0 Å². The zero-order chi connectivity index (χ0) is 15.9. The molecule has 0 radical (unpaired) electrons. The molecular formula is C16H12BrNO4. The van der Waals surface area contributed by atoms with Gasteiger partial charge in [0.2, 0.25) is 0 Å². The number of fused-ring (bicyclic) bond motifs is 1. The molecule has 2 aromatic carbocycles. The van der Waals surface area contributed by atoms with Crippen molar-refractivity contribution in [3.8, 4) is 5.75 Å². The van der Waals surface area contributed by atoms with Gasteiger partial charge >= 0.3 is 0 Å². The van der Waals surface area contributed by atoms with Crippen LogP contribution < -0.4 is 9.64 Å².